The second-order valence-electron chi connectivity index (χ2n) is 6.49. The summed E-state index contributed by atoms with van der Waals surface area (Å²) in [6.07, 6.45) is 5.78. The molecular weight excluding hydrogens is 360 g/mol. The number of aryl methyl sites for hydroxylation is 1. The zero-order valence-corrected chi connectivity index (χ0v) is 16.8. The number of benzene rings is 1. The Hall–Kier alpha value is -2.67. The number of aromatic nitrogens is 1. The number of nitrogens with zero attached hydrogens (tertiary/aromatic N) is 2. The fourth-order valence-corrected chi connectivity index (χ4v) is 2.77. The Morgan fingerprint density at radius 2 is 1.89 bits per heavy atom. The monoisotopic (exact) mass is 388 g/mol. The van der Waals surface area contributed by atoms with Crippen LogP contribution in [0.5, 0.6) is 0 Å². The fourth-order valence-electron chi connectivity index (χ4n) is 2.77. The minimum absolute atomic E-state index is 0.0769. The average Bonchev–Trinajstić information content (AvgIpc) is 3.19. The summed E-state index contributed by atoms with van der Waals surface area (Å²) in [5, 5.41) is 0. The van der Waals surface area contributed by atoms with Gasteiger partial charge in [0.2, 0.25) is 5.89 Å². The van der Waals surface area contributed by atoms with E-state index in [0.29, 0.717) is 18.7 Å². The summed E-state index contributed by atoms with van der Waals surface area (Å²) in [5.41, 5.74) is 1.90. The van der Waals surface area contributed by atoms with Crippen molar-refractivity contribution in [1.82, 2.24) is 9.88 Å². The molecular formula is C21H28N2O5. The van der Waals surface area contributed by atoms with Gasteiger partial charge in [0, 0.05) is 19.2 Å². The highest BCUT2D eigenvalue weighted by Crippen LogP contribution is 2.14. The van der Waals surface area contributed by atoms with Gasteiger partial charge in [-0.2, -0.15) is 0 Å². The highest BCUT2D eigenvalue weighted by atomic mass is 16.5. The van der Waals surface area contributed by atoms with Crippen LogP contribution in [-0.2, 0) is 22.4 Å². The zero-order valence-electron chi connectivity index (χ0n) is 16.8. The molecule has 0 aliphatic carbocycles. The molecule has 0 unspecified atom stereocenters. The molecule has 7 nitrogen and oxygen atoms in total. The molecule has 2 aromatic rings. The van der Waals surface area contributed by atoms with Crippen LogP contribution in [0.1, 0.15) is 58.5 Å². The number of rotatable bonds is 11. The average molecular weight is 388 g/mol. The first-order valence-corrected chi connectivity index (χ1v) is 9.48. The largest absolute Gasteiger partial charge is 0.464 e. The molecule has 7 heteroatoms. The molecule has 0 radical (unpaired) electrons. The Balaban J connectivity index is 2.07. The Bertz CT molecular complexity index is 754. The van der Waals surface area contributed by atoms with Crippen molar-refractivity contribution in [3.63, 3.8) is 0 Å². The first-order valence-electron chi connectivity index (χ1n) is 9.48. The zero-order chi connectivity index (χ0) is 20.4. The third kappa shape index (κ3) is 6.20. The van der Waals surface area contributed by atoms with Gasteiger partial charge in [0.05, 0.1) is 20.3 Å². The van der Waals surface area contributed by atoms with Crippen molar-refractivity contribution in [3.8, 4) is 0 Å². The van der Waals surface area contributed by atoms with Gasteiger partial charge < -0.3 is 18.8 Å². The number of carbonyl (C=O) groups excluding carboxylic acids is 2. The van der Waals surface area contributed by atoms with E-state index in [9.17, 15) is 9.59 Å². The Labute approximate surface area is 165 Å². The number of esters is 1. The number of amides is 1. The molecule has 0 bridgehead atoms. The van der Waals surface area contributed by atoms with Crippen molar-refractivity contribution >= 4 is 11.9 Å². The smallest absolute Gasteiger partial charge is 0.360 e. The molecule has 2 rings (SSSR count). The molecule has 1 aromatic heterocycles. The van der Waals surface area contributed by atoms with Crippen molar-refractivity contribution in [3.05, 3.63) is 53.2 Å². The summed E-state index contributed by atoms with van der Waals surface area (Å²) in [6.45, 7) is 3.07. The number of hydrogen-bond acceptors (Lipinski definition) is 6. The topological polar surface area (TPSA) is 81.9 Å². The molecule has 1 aromatic carbocycles. The third-order valence-corrected chi connectivity index (χ3v) is 4.39. The maximum absolute atomic E-state index is 12.9. The third-order valence-electron chi connectivity index (χ3n) is 4.39. The molecule has 1 amide bonds. The van der Waals surface area contributed by atoms with Crippen LogP contribution in [0.2, 0.25) is 0 Å². The number of hydrogen-bond donors (Lipinski definition) is 0. The maximum Gasteiger partial charge on any atom is 0.360 e. The van der Waals surface area contributed by atoms with Gasteiger partial charge >= 0.3 is 5.97 Å². The van der Waals surface area contributed by atoms with Gasteiger partial charge in [-0.3, -0.25) is 4.79 Å². The van der Waals surface area contributed by atoms with Crippen LogP contribution >= 0.6 is 0 Å². The lowest BCUT2D eigenvalue weighted by molar-refractivity contribution is 0.0594. The second-order valence-corrected chi connectivity index (χ2v) is 6.49. The van der Waals surface area contributed by atoms with E-state index < -0.39 is 5.97 Å². The molecule has 152 valence electrons. The highest BCUT2D eigenvalue weighted by molar-refractivity contribution is 5.94. The Kier molecular flexibility index (Phi) is 8.68. The van der Waals surface area contributed by atoms with E-state index in [1.54, 1.807) is 12.0 Å². The minimum Gasteiger partial charge on any atom is -0.464 e. The normalized spacial score (nSPS) is 10.7. The van der Waals surface area contributed by atoms with Gasteiger partial charge in [0.15, 0.2) is 5.69 Å². The van der Waals surface area contributed by atoms with Gasteiger partial charge in [0.1, 0.15) is 6.26 Å². The molecule has 1 heterocycles. The first kappa shape index (κ1) is 21.6. The van der Waals surface area contributed by atoms with Crippen molar-refractivity contribution in [2.24, 2.45) is 0 Å². The van der Waals surface area contributed by atoms with E-state index in [1.165, 1.54) is 31.8 Å². The molecule has 0 atom stereocenters. The van der Waals surface area contributed by atoms with E-state index in [2.05, 4.69) is 16.6 Å². The highest BCUT2D eigenvalue weighted by Gasteiger charge is 2.20. The second kappa shape index (κ2) is 11.2. The summed E-state index contributed by atoms with van der Waals surface area (Å²) >= 11 is 0. The van der Waals surface area contributed by atoms with Crippen LogP contribution in [0, 0.1) is 0 Å². The van der Waals surface area contributed by atoms with Crippen molar-refractivity contribution < 1.29 is 23.5 Å². The number of oxazole rings is 1. The van der Waals surface area contributed by atoms with Crippen LogP contribution in [-0.4, -0.2) is 49.1 Å². The number of ether oxygens (including phenoxy) is 2. The van der Waals surface area contributed by atoms with Crippen LogP contribution in [0.25, 0.3) is 0 Å². The predicted octanol–water partition coefficient (Wildman–Crippen LogP) is 3.48. The van der Waals surface area contributed by atoms with E-state index in [4.69, 9.17) is 9.15 Å². The number of unbranched alkanes of at least 4 members (excludes halogenated alkanes) is 2. The summed E-state index contributed by atoms with van der Waals surface area (Å²) in [6, 6.07) is 7.69. The Morgan fingerprint density at radius 3 is 2.54 bits per heavy atom. The molecule has 0 N–H and O–H groups in total. The predicted molar refractivity (Wildman–Crippen MR) is 104 cm³/mol. The van der Waals surface area contributed by atoms with Crippen molar-refractivity contribution in [2.45, 2.75) is 39.2 Å². The lowest BCUT2D eigenvalue weighted by atomic mass is 10.0. The Morgan fingerprint density at radius 1 is 1.14 bits per heavy atom. The fraction of sp³-hybridized carbons (Fsp3) is 0.476. The lowest BCUT2D eigenvalue weighted by Crippen LogP contribution is -2.33. The van der Waals surface area contributed by atoms with Crippen LogP contribution in [0.4, 0.5) is 0 Å². The molecule has 0 saturated carbocycles. The standard InChI is InChI=1S/C21H28N2O5/c1-4-5-6-7-16-8-10-17(11-9-16)20(24)23(12-13-26-2)14-19-22-18(15-28-19)21(25)27-3/h8-11,15H,4-7,12-14H2,1-3H3. The maximum atomic E-state index is 12.9. The quantitative estimate of drug-likeness (QED) is 0.433. The lowest BCUT2D eigenvalue weighted by Gasteiger charge is -2.21. The van der Waals surface area contributed by atoms with Gasteiger partial charge in [-0.15, -0.1) is 0 Å². The van der Waals surface area contributed by atoms with Crippen LogP contribution in [0.15, 0.2) is 34.9 Å². The van der Waals surface area contributed by atoms with Gasteiger partial charge in [0.25, 0.3) is 5.91 Å². The first-order chi connectivity index (χ1) is 13.6. The molecule has 0 aliphatic heterocycles. The van der Waals surface area contributed by atoms with E-state index in [-0.39, 0.29) is 24.0 Å². The van der Waals surface area contributed by atoms with Gasteiger partial charge in [-0.1, -0.05) is 31.9 Å². The molecule has 28 heavy (non-hydrogen) atoms. The summed E-state index contributed by atoms with van der Waals surface area (Å²) in [5.74, 6) is -0.459. The molecule has 0 saturated heterocycles. The molecule has 0 fully saturated rings. The molecule has 0 spiro atoms. The van der Waals surface area contributed by atoms with E-state index in [0.717, 1.165) is 12.8 Å². The minimum atomic E-state index is -0.580. The number of carbonyl (C=O) groups is 2. The summed E-state index contributed by atoms with van der Waals surface area (Å²) in [4.78, 5) is 30.1. The van der Waals surface area contributed by atoms with Crippen molar-refractivity contribution in [2.75, 3.05) is 27.4 Å². The molecule has 0 aliphatic rings. The summed E-state index contributed by atoms with van der Waals surface area (Å²) in [7, 11) is 2.85. The van der Waals surface area contributed by atoms with Gasteiger partial charge in [-0.25, -0.2) is 9.78 Å². The van der Waals surface area contributed by atoms with Crippen LogP contribution < -0.4 is 0 Å². The van der Waals surface area contributed by atoms with Crippen LogP contribution in [0.3, 0.4) is 0 Å². The van der Waals surface area contributed by atoms with E-state index in [1.807, 2.05) is 24.3 Å². The summed E-state index contributed by atoms with van der Waals surface area (Å²) < 4.78 is 15.0. The van der Waals surface area contributed by atoms with Gasteiger partial charge in [-0.05, 0) is 30.5 Å². The van der Waals surface area contributed by atoms with Crippen molar-refractivity contribution in [1.29, 1.82) is 0 Å². The number of methoxy groups -OCH3 is 2. The van der Waals surface area contributed by atoms with E-state index >= 15 is 0 Å². The SMILES string of the molecule is CCCCCc1ccc(C(=O)N(CCOC)Cc2nc(C(=O)OC)co2)cc1.